The summed E-state index contributed by atoms with van der Waals surface area (Å²) in [4.78, 5) is 26.2. The van der Waals surface area contributed by atoms with E-state index < -0.39 is 30.3 Å². The number of nitrogens with two attached hydrogens (primary N) is 1. The fraction of sp³-hybridized carbons (Fsp3) is 0.231. The Hall–Kier alpha value is -3.72. The highest BCUT2D eigenvalue weighted by atomic mass is 16.5. The van der Waals surface area contributed by atoms with Crippen LogP contribution in [0.4, 0.5) is 0 Å². The molecule has 2 aromatic carbocycles. The van der Waals surface area contributed by atoms with Crippen molar-refractivity contribution >= 4 is 44.8 Å². The van der Waals surface area contributed by atoms with Crippen LogP contribution in [0.1, 0.15) is 23.8 Å². The molecule has 0 bridgehead atoms. The molecule has 4 heterocycles. The minimum absolute atomic E-state index is 0.219. The molecule has 8 heteroatoms. The number of hydrogen-bond donors (Lipinski definition) is 3. The number of rotatable bonds is 4. The zero-order valence-corrected chi connectivity index (χ0v) is 18.6. The second-order valence-corrected chi connectivity index (χ2v) is 8.84. The molecule has 0 radical (unpaired) electrons. The van der Waals surface area contributed by atoms with Crippen molar-refractivity contribution in [2.24, 2.45) is 12.8 Å². The summed E-state index contributed by atoms with van der Waals surface area (Å²) in [7, 11) is 1.92. The standard InChI is InChI=1S/C26H24N4O4/c1-29-12-16(14-6-2-4-8-18(14)29)23-24(26(33)28-25(23)32)17-13-30(19-9-5-3-7-15(17)19)22-10-20(31)21(11-27)34-22/h2-9,12-13,20-22,31H,10-11,27H2,1H3,(H,28,32,33)/t20-,21-,22-/m1/s1. The number of fused-ring (bicyclic) bond motifs is 2. The van der Waals surface area contributed by atoms with Gasteiger partial charge in [-0.25, -0.2) is 0 Å². The Bertz CT molecular complexity index is 1510. The van der Waals surface area contributed by atoms with Crippen LogP contribution < -0.4 is 11.1 Å². The number of carbonyl (C=O) groups is 2. The van der Waals surface area contributed by atoms with Crippen molar-refractivity contribution in [2.45, 2.75) is 24.9 Å². The molecule has 0 spiro atoms. The van der Waals surface area contributed by atoms with Gasteiger partial charge in [-0.2, -0.15) is 0 Å². The summed E-state index contributed by atoms with van der Waals surface area (Å²) >= 11 is 0. The molecule has 4 N–H and O–H groups in total. The van der Waals surface area contributed by atoms with Crippen LogP contribution in [0.15, 0.2) is 60.9 Å². The summed E-state index contributed by atoms with van der Waals surface area (Å²) in [5.41, 5.74) is 9.63. The number of ether oxygens (including phenoxy) is 1. The Labute approximate surface area is 195 Å². The molecule has 34 heavy (non-hydrogen) atoms. The molecule has 2 aromatic heterocycles. The molecular weight excluding hydrogens is 432 g/mol. The van der Waals surface area contributed by atoms with Crippen LogP contribution >= 0.6 is 0 Å². The predicted octanol–water partition coefficient (Wildman–Crippen LogP) is 2.31. The van der Waals surface area contributed by atoms with Crippen LogP contribution in [-0.4, -0.2) is 44.8 Å². The van der Waals surface area contributed by atoms with Gasteiger partial charge in [-0.1, -0.05) is 36.4 Å². The Balaban J connectivity index is 1.59. The molecule has 6 rings (SSSR count). The molecule has 0 unspecified atom stereocenters. The van der Waals surface area contributed by atoms with Gasteiger partial charge in [0.05, 0.1) is 28.9 Å². The van der Waals surface area contributed by atoms with Crippen molar-refractivity contribution in [1.29, 1.82) is 0 Å². The van der Waals surface area contributed by atoms with Gasteiger partial charge >= 0.3 is 0 Å². The van der Waals surface area contributed by atoms with Crippen LogP contribution in [0.5, 0.6) is 0 Å². The van der Waals surface area contributed by atoms with Crippen LogP contribution in [0.25, 0.3) is 33.0 Å². The number of nitrogens with one attached hydrogen (secondary N) is 1. The van der Waals surface area contributed by atoms with Gasteiger partial charge < -0.3 is 24.7 Å². The van der Waals surface area contributed by atoms with E-state index in [9.17, 15) is 14.7 Å². The van der Waals surface area contributed by atoms with Crippen LogP contribution in [0, 0.1) is 0 Å². The molecule has 3 atom stereocenters. The number of benzene rings is 2. The van der Waals surface area contributed by atoms with E-state index in [4.69, 9.17) is 10.5 Å². The van der Waals surface area contributed by atoms with Crippen LogP contribution in [0.3, 0.4) is 0 Å². The minimum atomic E-state index is -0.665. The van der Waals surface area contributed by atoms with Crippen molar-refractivity contribution in [3.8, 4) is 0 Å². The molecule has 1 fully saturated rings. The lowest BCUT2D eigenvalue weighted by Gasteiger charge is -2.15. The monoisotopic (exact) mass is 456 g/mol. The number of para-hydroxylation sites is 2. The van der Waals surface area contributed by atoms with Crippen molar-refractivity contribution in [1.82, 2.24) is 14.5 Å². The molecule has 0 aliphatic carbocycles. The second kappa shape index (κ2) is 7.66. The Morgan fingerprint density at radius 3 is 2.21 bits per heavy atom. The van der Waals surface area contributed by atoms with E-state index in [2.05, 4.69) is 5.32 Å². The van der Waals surface area contributed by atoms with Gasteiger partial charge in [0.1, 0.15) is 6.23 Å². The Morgan fingerprint density at radius 2 is 1.56 bits per heavy atom. The van der Waals surface area contributed by atoms with E-state index in [1.54, 1.807) is 0 Å². The maximum atomic E-state index is 13.1. The number of nitrogens with zero attached hydrogens (tertiary/aromatic N) is 2. The first-order valence-electron chi connectivity index (χ1n) is 11.3. The Morgan fingerprint density at radius 1 is 0.971 bits per heavy atom. The maximum absolute atomic E-state index is 13.1. The molecule has 2 amide bonds. The number of hydrogen-bond acceptors (Lipinski definition) is 5. The highest BCUT2D eigenvalue weighted by molar-refractivity contribution is 6.50. The number of amides is 2. The molecule has 172 valence electrons. The average molecular weight is 457 g/mol. The highest BCUT2D eigenvalue weighted by Gasteiger charge is 2.38. The summed E-state index contributed by atoms with van der Waals surface area (Å²) in [5, 5.41) is 14.6. The highest BCUT2D eigenvalue weighted by Crippen LogP contribution is 2.40. The van der Waals surface area contributed by atoms with Crippen molar-refractivity contribution < 1.29 is 19.4 Å². The maximum Gasteiger partial charge on any atom is 0.259 e. The average Bonchev–Trinajstić information content (AvgIpc) is 3.56. The third kappa shape index (κ3) is 2.96. The van der Waals surface area contributed by atoms with Crippen LogP contribution in [0.2, 0.25) is 0 Å². The number of aliphatic hydroxyl groups excluding tert-OH is 1. The van der Waals surface area contributed by atoms with E-state index in [1.165, 1.54) is 0 Å². The first-order chi connectivity index (χ1) is 16.5. The van der Waals surface area contributed by atoms with Crippen LogP contribution in [-0.2, 0) is 21.4 Å². The topological polar surface area (TPSA) is 112 Å². The van der Waals surface area contributed by atoms with E-state index in [0.717, 1.165) is 21.8 Å². The predicted molar refractivity (Wildman–Crippen MR) is 128 cm³/mol. The largest absolute Gasteiger partial charge is 0.390 e. The van der Waals surface area contributed by atoms with E-state index in [0.29, 0.717) is 28.7 Å². The summed E-state index contributed by atoms with van der Waals surface area (Å²) in [5.74, 6) is -0.841. The van der Waals surface area contributed by atoms with Gasteiger partial charge in [0.25, 0.3) is 11.8 Å². The Kier molecular flexibility index (Phi) is 4.70. The quantitative estimate of drug-likeness (QED) is 0.408. The number of imide groups is 1. The zero-order chi connectivity index (χ0) is 23.6. The molecule has 2 aliphatic rings. The third-order valence-electron chi connectivity index (χ3n) is 6.85. The molecule has 0 saturated carbocycles. The van der Waals surface area contributed by atoms with Crippen molar-refractivity contribution in [2.75, 3.05) is 6.54 Å². The van der Waals surface area contributed by atoms with Gasteiger partial charge in [0.15, 0.2) is 0 Å². The van der Waals surface area contributed by atoms with Gasteiger partial charge in [-0.3, -0.25) is 14.9 Å². The van der Waals surface area contributed by atoms with E-state index in [-0.39, 0.29) is 6.54 Å². The molecule has 2 aliphatic heterocycles. The van der Waals surface area contributed by atoms with Crippen molar-refractivity contribution in [3.63, 3.8) is 0 Å². The SMILES string of the molecule is Cn1cc(C2=C(c3cn([C@H]4C[C@@H](O)[C@@H](CN)O4)c4ccccc34)C(=O)NC2=O)c2ccccc21. The summed E-state index contributed by atoms with van der Waals surface area (Å²) in [6.07, 6.45) is 2.58. The normalized spacial score (nSPS) is 23.0. The molecule has 4 aromatic rings. The first kappa shape index (κ1) is 20.9. The van der Waals surface area contributed by atoms with Gasteiger partial charge in [0, 0.05) is 59.8 Å². The molecule has 1 saturated heterocycles. The van der Waals surface area contributed by atoms with Gasteiger partial charge in [-0.15, -0.1) is 0 Å². The fourth-order valence-corrected chi connectivity index (χ4v) is 5.25. The number of aromatic nitrogens is 2. The van der Waals surface area contributed by atoms with Gasteiger partial charge in [-0.05, 0) is 12.1 Å². The van der Waals surface area contributed by atoms with Crippen molar-refractivity contribution in [3.05, 3.63) is 72.1 Å². The fourth-order valence-electron chi connectivity index (χ4n) is 5.25. The smallest absolute Gasteiger partial charge is 0.259 e. The number of aryl methyl sites for hydroxylation is 1. The number of carbonyl (C=O) groups excluding carboxylic acids is 2. The van der Waals surface area contributed by atoms with E-state index >= 15 is 0 Å². The lowest BCUT2D eigenvalue weighted by molar-refractivity contribution is -0.122. The lowest BCUT2D eigenvalue weighted by Crippen LogP contribution is -2.29. The summed E-state index contributed by atoms with van der Waals surface area (Å²) in [6.45, 7) is 0.219. The second-order valence-electron chi connectivity index (χ2n) is 8.84. The third-order valence-corrected chi connectivity index (χ3v) is 6.85. The lowest BCUT2D eigenvalue weighted by atomic mass is 9.95. The zero-order valence-electron chi connectivity index (χ0n) is 18.6. The van der Waals surface area contributed by atoms with E-state index in [1.807, 2.05) is 77.1 Å². The van der Waals surface area contributed by atoms with Gasteiger partial charge in [0.2, 0.25) is 0 Å². The summed E-state index contributed by atoms with van der Waals surface area (Å²) < 4.78 is 9.89. The molecule has 8 nitrogen and oxygen atoms in total. The first-order valence-corrected chi connectivity index (χ1v) is 11.3. The number of aliphatic hydroxyl groups is 1. The summed E-state index contributed by atoms with van der Waals surface area (Å²) in [6, 6.07) is 15.5. The molecular formula is C26H24N4O4. The minimum Gasteiger partial charge on any atom is -0.390 e.